The second-order valence-corrected chi connectivity index (χ2v) is 6.68. The lowest BCUT2D eigenvalue weighted by molar-refractivity contribution is -0.137. The van der Waals surface area contributed by atoms with Gasteiger partial charge in [0.1, 0.15) is 0 Å². The standard InChI is InChI=1S/C21H30O2/c1-6-23-20(22)16-18(3)11-9-10-17(2)13-14-19-12-7-8-15-21(19,4)5/h9-14,16H,6-8,15H2,1-5H3/b11-9+,14-13+,17-10-,18-16+. The number of hydrogen-bond acceptors (Lipinski definition) is 2. The van der Waals surface area contributed by atoms with E-state index in [1.165, 1.54) is 36.5 Å². The predicted octanol–water partition coefficient (Wildman–Crippen LogP) is 5.69. The highest BCUT2D eigenvalue weighted by Crippen LogP contribution is 2.37. The molecule has 0 unspecified atom stereocenters. The van der Waals surface area contributed by atoms with Crippen molar-refractivity contribution in [1.82, 2.24) is 0 Å². The fourth-order valence-corrected chi connectivity index (χ4v) is 2.56. The molecule has 0 N–H and O–H groups in total. The number of hydrogen-bond donors (Lipinski definition) is 0. The molecular weight excluding hydrogens is 284 g/mol. The molecule has 0 amide bonds. The highest BCUT2D eigenvalue weighted by Gasteiger charge is 2.23. The van der Waals surface area contributed by atoms with Gasteiger partial charge >= 0.3 is 5.97 Å². The van der Waals surface area contributed by atoms with Gasteiger partial charge in [-0.25, -0.2) is 4.79 Å². The molecule has 23 heavy (non-hydrogen) atoms. The SMILES string of the molecule is CCOC(=O)/C=C(C)/C=C/C=C(C)\C=C\C1=CCCCC1(C)C. The lowest BCUT2D eigenvalue weighted by Crippen LogP contribution is -2.16. The summed E-state index contributed by atoms with van der Waals surface area (Å²) in [6.45, 7) is 10.8. The van der Waals surface area contributed by atoms with E-state index in [1.54, 1.807) is 6.92 Å². The van der Waals surface area contributed by atoms with Gasteiger partial charge in [0.15, 0.2) is 0 Å². The number of carbonyl (C=O) groups is 1. The van der Waals surface area contributed by atoms with Crippen LogP contribution in [0.4, 0.5) is 0 Å². The molecular formula is C21H30O2. The van der Waals surface area contributed by atoms with E-state index >= 15 is 0 Å². The molecule has 0 heterocycles. The van der Waals surface area contributed by atoms with Crippen molar-refractivity contribution >= 4 is 5.97 Å². The Morgan fingerprint density at radius 2 is 2.00 bits per heavy atom. The quantitative estimate of drug-likeness (QED) is 0.357. The van der Waals surface area contributed by atoms with Gasteiger partial charge in [0.25, 0.3) is 0 Å². The monoisotopic (exact) mass is 314 g/mol. The van der Waals surface area contributed by atoms with Gasteiger partial charge in [0.2, 0.25) is 0 Å². The van der Waals surface area contributed by atoms with E-state index in [-0.39, 0.29) is 11.4 Å². The summed E-state index contributed by atoms with van der Waals surface area (Å²) in [5.41, 5.74) is 3.78. The van der Waals surface area contributed by atoms with E-state index in [0.29, 0.717) is 6.61 Å². The van der Waals surface area contributed by atoms with E-state index in [1.807, 2.05) is 19.1 Å². The molecule has 0 bridgehead atoms. The Kier molecular flexibility index (Phi) is 7.80. The second kappa shape index (κ2) is 9.34. The van der Waals surface area contributed by atoms with Crippen LogP contribution in [0.5, 0.6) is 0 Å². The third kappa shape index (κ3) is 7.32. The molecule has 1 aliphatic carbocycles. The normalized spacial score (nSPS) is 19.3. The van der Waals surface area contributed by atoms with E-state index in [4.69, 9.17) is 4.74 Å². The highest BCUT2D eigenvalue weighted by atomic mass is 16.5. The molecule has 0 aromatic rings. The maximum Gasteiger partial charge on any atom is 0.330 e. The summed E-state index contributed by atoms with van der Waals surface area (Å²) < 4.78 is 4.88. The summed E-state index contributed by atoms with van der Waals surface area (Å²) in [5.74, 6) is -0.290. The van der Waals surface area contributed by atoms with E-state index in [0.717, 1.165) is 5.57 Å². The van der Waals surface area contributed by atoms with Gasteiger partial charge < -0.3 is 4.74 Å². The van der Waals surface area contributed by atoms with Gasteiger partial charge in [-0.1, -0.05) is 55.9 Å². The van der Waals surface area contributed by atoms with Crippen LogP contribution in [0.25, 0.3) is 0 Å². The smallest absolute Gasteiger partial charge is 0.330 e. The fourth-order valence-electron chi connectivity index (χ4n) is 2.56. The van der Waals surface area contributed by atoms with Crippen molar-refractivity contribution < 1.29 is 9.53 Å². The zero-order chi connectivity index (χ0) is 17.3. The fraction of sp³-hybridized carbons (Fsp3) is 0.476. The van der Waals surface area contributed by atoms with Gasteiger partial charge in [-0.15, -0.1) is 0 Å². The Bertz CT molecular complexity index is 554. The summed E-state index contributed by atoms with van der Waals surface area (Å²) in [7, 11) is 0. The van der Waals surface area contributed by atoms with Gasteiger partial charge in [-0.3, -0.25) is 0 Å². The number of allylic oxidation sites excluding steroid dienone is 9. The van der Waals surface area contributed by atoms with Gasteiger partial charge in [-0.2, -0.15) is 0 Å². The summed E-state index contributed by atoms with van der Waals surface area (Å²) in [4.78, 5) is 11.3. The maximum atomic E-state index is 11.3. The molecule has 0 atom stereocenters. The second-order valence-electron chi connectivity index (χ2n) is 6.68. The molecule has 0 aliphatic heterocycles. The van der Waals surface area contributed by atoms with Crippen LogP contribution in [0, 0.1) is 5.41 Å². The van der Waals surface area contributed by atoms with E-state index < -0.39 is 0 Å². The average Bonchev–Trinajstić information content (AvgIpc) is 2.45. The number of carbonyl (C=O) groups excluding carboxylic acids is 1. The summed E-state index contributed by atoms with van der Waals surface area (Å²) >= 11 is 0. The Hall–Kier alpha value is -1.83. The first-order valence-corrected chi connectivity index (χ1v) is 8.44. The zero-order valence-electron chi connectivity index (χ0n) is 15.2. The van der Waals surface area contributed by atoms with Crippen LogP contribution in [0.15, 0.2) is 59.3 Å². The predicted molar refractivity (Wildman–Crippen MR) is 98.1 cm³/mol. The molecule has 0 saturated heterocycles. The molecule has 126 valence electrons. The minimum Gasteiger partial charge on any atom is -0.463 e. The van der Waals surface area contributed by atoms with Gasteiger partial charge in [-0.05, 0) is 56.6 Å². The Morgan fingerprint density at radius 3 is 2.65 bits per heavy atom. The minimum absolute atomic E-state index is 0.282. The molecule has 0 saturated carbocycles. The van der Waals surface area contributed by atoms with Crippen LogP contribution in [0.2, 0.25) is 0 Å². The van der Waals surface area contributed by atoms with Crippen LogP contribution >= 0.6 is 0 Å². The number of ether oxygens (including phenoxy) is 1. The van der Waals surface area contributed by atoms with Crippen molar-refractivity contribution in [1.29, 1.82) is 0 Å². The molecule has 1 rings (SSSR count). The summed E-state index contributed by atoms with van der Waals surface area (Å²) in [6.07, 6.45) is 17.9. The maximum absolute atomic E-state index is 11.3. The molecule has 0 aromatic carbocycles. The van der Waals surface area contributed by atoms with Crippen molar-refractivity contribution in [2.24, 2.45) is 5.41 Å². The van der Waals surface area contributed by atoms with Gasteiger partial charge in [0, 0.05) is 6.08 Å². The molecule has 2 nitrogen and oxygen atoms in total. The largest absolute Gasteiger partial charge is 0.463 e. The third-order valence-corrected chi connectivity index (χ3v) is 4.03. The zero-order valence-corrected chi connectivity index (χ0v) is 15.2. The average molecular weight is 314 g/mol. The lowest BCUT2D eigenvalue weighted by Gasteiger charge is -2.30. The first kappa shape index (κ1) is 19.2. The molecule has 2 heteroatoms. The van der Waals surface area contributed by atoms with Crippen molar-refractivity contribution in [2.45, 2.75) is 53.9 Å². The Labute approximate surface area is 141 Å². The molecule has 0 radical (unpaired) electrons. The van der Waals surface area contributed by atoms with Crippen molar-refractivity contribution in [3.8, 4) is 0 Å². The van der Waals surface area contributed by atoms with Crippen molar-refractivity contribution in [2.75, 3.05) is 6.61 Å². The van der Waals surface area contributed by atoms with Crippen LogP contribution in [-0.2, 0) is 9.53 Å². The Balaban J connectivity index is 2.64. The first-order chi connectivity index (χ1) is 10.8. The highest BCUT2D eigenvalue weighted by molar-refractivity contribution is 5.83. The Morgan fingerprint density at radius 1 is 1.26 bits per heavy atom. The number of esters is 1. The van der Waals surface area contributed by atoms with Crippen LogP contribution in [0.1, 0.15) is 53.9 Å². The van der Waals surface area contributed by atoms with E-state index in [2.05, 4.69) is 45.1 Å². The van der Waals surface area contributed by atoms with E-state index in [9.17, 15) is 4.79 Å². The van der Waals surface area contributed by atoms with Crippen LogP contribution in [-0.4, -0.2) is 12.6 Å². The molecule has 0 aromatic heterocycles. The minimum atomic E-state index is -0.290. The molecule has 0 spiro atoms. The summed E-state index contributed by atoms with van der Waals surface area (Å²) in [5, 5.41) is 0. The lowest BCUT2D eigenvalue weighted by atomic mass is 9.75. The van der Waals surface area contributed by atoms with Gasteiger partial charge in [0.05, 0.1) is 6.61 Å². The van der Waals surface area contributed by atoms with Crippen LogP contribution < -0.4 is 0 Å². The van der Waals surface area contributed by atoms with Crippen molar-refractivity contribution in [3.63, 3.8) is 0 Å². The topological polar surface area (TPSA) is 26.3 Å². The first-order valence-electron chi connectivity index (χ1n) is 8.44. The van der Waals surface area contributed by atoms with Crippen molar-refractivity contribution in [3.05, 3.63) is 59.3 Å². The molecule has 1 aliphatic rings. The molecule has 0 fully saturated rings. The third-order valence-electron chi connectivity index (χ3n) is 4.03. The number of rotatable bonds is 6. The van der Waals surface area contributed by atoms with Crippen LogP contribution in [0.3, 0.4) is 0 Å². The summed E-state index contributed by atoms with van der Waals surface area (Å²) in [6, 6.07) is 0.